The average Bonchev–Trinajstić information content (AvgIpc) is 3.30. The molecule has 186 valence electrons. The maximum Gasteiger partial charge on any atom is 0.227 e. The fourth-order valence-electron chi connectivity index (χ4n) is 4.29. The second-order valence-corrected chi connectivity index (χ2v) is 10.9. The Labute approximate surface area is 209 Å². The molecule has 0 radical (unpaired) electrons. The van der Waals surface area contributed by atoms with Crippen molar-refractivity contribution in [1.82, 2.24) is 24.7 Å². The second-order valence-electron chi connectivity index (χ2n) is 8.87. The number of aliphatic hydroxyl groups excluding tert-OH is 1. The molecule has 0 saturated carbocycles. The number of anilines is 3. The first-order chi connectivity index (χ1) is 17.3. The van der Waals surface area contributed by atoms with E-state index in [9.17, 15) is 13.5 Å². The van der Waals surface area contributed by atoms with Crippen LogP contribution in [0.3, 0.4) is 0 Å². The van der Waals surface area contributed by atoms with Crippen LogP contribution in [-0.2, 0) is 9.84 Å². The van der Waals surface area contributed by atoms with Crippen LogP contribution in [0.2, 0.25) is 0 Å². The summed E-state index contributed by atoms with van der Waals surface area (Å²) in [7, 11) is -3.45. The van der Waals surface area contributed by atoms with Gasteiger partial charge in [-0.25, -0.2) is 28.1 Å². The van der Waals surface area contributed by atoms with Crippen LogP contribution in [0.4, 0.5) is 17.3 Å². The molecule has 4 aromatic rings. The summed E-state index contributed by atoms with van der Waals surface area (Å²) in [5, 5.41) is 17.7. The highest BCUT2D eigenvalue weighted by molar-refractivity contribution is 7.90. The lowest BCUT2D eigenvalue weighted by Crippen LogP contribution is -2.38. The Hall–Kier alpha value is -3.83. The summed E-state index contributed by atoms with van der Waals surface area (Å²) in [6.07, 6.45) is 5.55. The first kappa shape index (κ1) is 23.9. The first-order valence-electron chi connectivity index (χ1n) is 11.6. The molecule has 2 N–H and O–H groups in total. The minimum absolute atomic E-state index is 0.246. The van der Waals surface area contributed by atoms with E-state index in [-0.39, 0.29) is 4.90 Å². The Bertz CT molecular complexity index is 1490. The van der Waals surface area contributed by atoms with Crippen molar-refractivity contribution < 1.29 is 13.5 Å². The van der Waals surface area contributed by atoms with Crippen molar-refractivity contribution in [3.8, 4) is 16.9 Å². The van der Waals surface area contributed by atoms with Gasteiger partial charge in [-0.2, -0.15) is 5.10 Å². The van der Waals surface area contributed by atoms with Gasteiger partial charge in [0.05, 0.1) is 28.1 Å². The third-order valence-electron chi connectivity index (χ3n) is 6.04. The summed E-state index contributed by atoms with van der Waals surface area (Å²) < 4.78 is 26.6. The highest BCUT2D eigenvalue weighted by atomic mass is 32.2. The molecule has 36 heavy (non-hydrogen) atoms. The minimum atomic E-state index is -3.45. The van der Waals surface area contributed by atoms with E-state index >= 15 is 0 Å². The van der Waals surface area contributed by atoms with E-state index in [0.29, 0.717) is 42.7 Å². The van der Waals surface area contributed by atoms with E-state index in [1.54, 1.807) is 35.4 Å². The van der Waals surface area contributed by atoms with E-state index in [1.165, 1.54) is 6.26 Å². The fourth-order valence-corrected chi connectivity index (χ4v) is 5.17. The summed E-state index contributed by atoms with van der Waals surface area (Å²) >= 11 is 0. The molecule has 0 spiro atoms. The van der Waals surface area contributed by atoms with Crippen molar-refractivity contribution in [1.29, 1.82) is 0 Å². The number of nitrogens with one attached hydrogen (secondary N) is 1. The fraction of sp³-hybridized carbons (Fsp3) is 0.280. The van der Waals surface area contributed by atoms with Crippen molar-refractivity contribution in [2.45, 2.75) is 30.8 Å². The number of β-amino-alcohol motifs (C(OH)–C–C–N with tert-alkyl or cyclic N) is 1. The molecule has 1 fully saturated rings. The topological polar surface area (TPSA) is 126 Å². The lowest BCUT2D eigenvalue weighted by molar-refractivity contribution is 0.154. The van der Waals surface area contributed by atoms with Crippen LogP contribution >= 0.6 is 0 Å². The molecule has 2 aromatic heterocycles. The zero-order chi connectivity index (χ0) is 25.3. The quantitative estimate of drug-likeness (QED) is 0.406. The zero-order valence-electron chi connectivity index (χ0n) is 20.0. The Morgan fingerprint density at radius 3 is 2.58 bits per heavy atom. The van der Waals surface area contributed by atoms with Crippen molar-refractivity contribution in [2.75, 3.05) is 29.6 Å². The highest BCUT2D eigenvalue weighted by Crippen LogP contribution is 2.32. The Kier molecular flexibility index (Phi) is 6.42. The van der Waals surface area contributed by atoms with Gasteiger partial charge in [0.1, 0.15) is 12.2 Å². The lowest BCUT2D eigenvalue weighted by atomic mass is 10.1. The van der Waals surface area contributed by atoms with Gasteiger partial charge in [0.25, 0.3) is 0 Å². The van der Waals surface area contributed by atoms with E-state index in [1.807, 2.05) is 42.2 Å². The van der Waals surface area contributed by atoms with Crippen LogP contribution in [0.1, 0.15) is 18.7 Å². The summed E-state index contributed by atoms with van der Waals surface area (Å²) in [5.74, 6) is 1.12. The molecule has 1 aliphatic heterocycles. The average molecular weight is 506 g/mol. The van der Waals surface area contributed by atoms with Gasteiger partial charge in [-0.15, -0.1) is 0 Å². The monoisotopic (exact) mass is 505 g/mol. The number of aromatic nitrogens is 5. The molecule has 10 nitrogen and oxygen atoms in total. The third kappa shape index (κ3) is 5.21. The molecule has 0 bridgehead atoms. The van der Waals surface area contributed by atoms with Crippen molar-refractivity contribution in [3.63, 3.8) is 0 Å². The Morgan fingerprint density at radius 2 is 1.89 bits per heavy atom. The van der Waals surface area contributed by atoms with Crippen LogP contribution in [0.25, 0.3) is 16.9 Å². The van der Waals surface area contributed by atoms with Crippen molar-refractivity contribution in [2.24, 2.45) is 0 Å². The molecule has 0 aliphatic carbocycles. The van der Waals surface area contributed by atoms with Gasteiger partial charge in [-0.3, -0.25) is 0 Å². The molecular formula is C25H27N7O3S. The smallest absolute Gasteiger partial charge is 0.227 e. The predicted molar refractivity (Wildman–Crippen MR) is 137 cm³/mol. The summed E-state index contributed by atoms with van der Waals surface area (Å²) in [4.78, 5) is 15.3. The van der Waals surface area contributed by atoms with Crippen LogP contribution in [-0.4, -0.2) is 63.7 Å². The highest BCUT2D eigenvalue weighted by Gasteiger charge is 2.24. The van der Waals surface area contributed by atoms with Crippen LogP contribution in [0.5, 0.6) is 0 Å². The van der Waals surface area contributed by atoms with Gasteiger partial charge in [0.2, 0.25) is 5.95 Å². The zero-order valence-corrected chi connectivity index (χ0v) is 20.9. The molecule has 2 aromatic carbocycles. The van der Waals surface area contributed by atoms with Crippen molar-refractivity contribution >= 4 is 27.2 Å². The minimum Gasteiger partial charge on any atom is -0.391 e. The maximum absolute atomic E-state index is 12.5. The van der Waals surface area contributed by atoms with Crippen LogP contribution < -0.4 is 10.2 Å². The lowest BCUT2D eigenvalue weighted by Gasteiger charge is -2.33. The normalized spacial score (nSPS) is 16.2. The predicted octanol–water partition coefficient (Wildman–Crippen LogP) is 3.14. The number of hydrogen-bond acceptors (Lipinski definition) is 9. The Morgan fingerprint density at radius 1 is 1.08 bits per heavy atom. The van der Waals surface area contributed by atoms with E-state index in [4.69, 9.17) is 0 Å². The summed E-state index contributed by atoms with van der Waals surface area (Å²) in [6, 6.07) is 14.6. The summed E-state index contributed by atoms with van der Waals surface area (Å²) in [5.41, 5.74) is 3.70. The Balaban J connectivity index is 1.42. The van der Waals surface area contributed by atoms with Crippen LogP contribution in [0, 0.1) is 6.92 Å². The number of hydrogen-bond donors (Lipinski definition) is 2. The van der Waals surface area contributed by atoms with Gasteiger partial charge in [0.15, 0.2) is 9.84 Å². The van der Waals surface area contributed by atoms with Crippen molar-refractivity contribution in [3.05, 3.63) is 66.9 Å². The molecule has 11 heteroatoms. The van der Waals surface area contributed by atoms with Crippen LogP contribution in [0.15, 0.2) is 66.0 Å². The van der Waals surface area contributed by atoms with E-state index in [0.717, 1.165) is 23.4 Å². The second kappa shape index (κ2) is 9.67. The molecular weight excluding hydrogens is 478 g/mol. The van der Waals surface area contributed by atoms with Gasteiger partial charge in [-0.1, -0.05) is 6.07 Å². The van der Waals surface area contributed by atoms with Gasteiger partial charge >= 0.3 is 0 Å². The maximum atomic E-state index is 12.5. The molecule has 3 heterocycles. The largest absolute Gasteiger partial charge is 0.391 e. The molecule has 1 atom stereocenters. The molecule has 0 amide bonds. The number of aryl methyl sites for hydroxylation is 1. The number of aliphatic hydroxyl groups is 1. The van der Waals surface area contributed by atoms with E-state index < -0.39 is 15.9 Å². The number of benzene rings is 2. The number of nitrogens with zero attached hydrogens (tertiary/aromatic N) is 6. The molecule has 1 aliphatic rings. The third-order valence-corrected chi connectivity index (χ3v) is 7.19. The number of sulfone groups is 1. The van der Waals surface area contributed by atoms with Gasteiger partial charge < -0.3 is 15.3 Å². The van der Waals surface area contributed by atoms with E-state index in [2.05, 4.69) is 25.4 Å². The molecule has 1 unspecified atom stereocenters. The number of rotatable bonds is 6. The standard InChI is InChI=1S/C25H27N7O3S/c1-17-27-16-32(30-17)20-8-6-19(7-9-20)28-25-26-12-11-22(29-25)18-5-10-24(36(2,34)35)23(14-18)31-13-3-4-21(33)15-31/h5-12,14,16,21,33H,3-4,13,15H2,1-2H3,(H,26,28,29). The van der Waals surface area contributed by atoms with Gasteiger partial charge in [-0.05, 0) is 62.2 Å². The first-order valence-corrected chi connectivity index (χ1v) is 13.5. The summed E-state index contributed by atoms with van der Waals surface area (Å²) in [6.45, 7) is 2.92. The molecule has 5 rings (SSSR count). The number of piperidine rings is 1. The molecule has 1 saturated heterocycles. The SMILES string of the molecule is Cc1ncn(-c2ccc(Nc3nccc(-c4ccc(S(C)(=O)=O)c(N5CCCC(O)C5)c4)n3)cc2)n1. The van der Waals surface area contributed by atoms with Gasteiger partial charge in [0, 0.05) is 36.8 Å².